The quantitative estimate of drug-likeness (QED) is 0.765. The maximum atomic E-state index is 11.4. The lowest BCUT2D eigenvalue weighted by molar-refractivity contribution is -0.145. The van der Waals surface area contributed by atoms with Crippen molar-refractivity contribution in [1.82, 2.24) is 4.57 Å². The van der Waals surface area contributed by atoms with E-state index in [9.17, 15) is 9.59 Å². The smallest absolute Gasteiger partial charge is 0.329 e. The summed E-state index contributed by atoms with van der Waals surface area (Å²) >= 11 is 0. The number of aromatic nitrogens is 1. The first-order chi connectivity index (χ1) is 6.35. The van der Waals surface area contributed by atoms with Gasteiger partial charge in [-0.15, -0.1) is 0 Å². The molecular weight excluding hydrogens is 182 g/mol. The summed E-state index contributed by atoms with van der Waals surface area (Å²) in [4.78, 5) is 22.3. The molecule has 0 aliphatic rings. The van der Waals surface area contributed by atoms with Gasteiger partial charge < -0.3 is 5.11 Å². The van der Waals surface area contributed by atoms with Crippen LogP contribution in [0.3, 0.4) is 0 Å². The minimum atomic E-state index is -1.21. The van der Waals surface area contributed by atoms with Gasteiger partial charge in [0.2, 0.25) is 0 Å². The van der Waals surface area contributed by atoms with Crippen molar-refractivity contribution in [2.24, 2.45) is 0 Å². The van der Waals surface area contributed by atoms with E-state index in [0.29, 0.717) is 0 Å². The van der Waals surface area contributed by atoms with Gasteiger partial charge in [0, 0.05) is 12.3 Å². The van der Waals surface area contributed by atoms with Gasteiger partial charge in [-0.1, -0.05) is 6.07 Å². The molecule has 0 radical (unpaired) electrons. The summed E-state index contributed by atoms with van der Waals surface area (Å²) in [7, 11) is 0. The maximum Gasteiger partial charge on any atom is 0.329 e. The van der Waals surface area contributed by atoms with Crippen molar-refractivity contribution in [2.45, 2.75) is 26.3 Å². The molecule has 0 unspecified atom stereocenters. The molecule has 0 saturated carbocycles. The Hall–Kier alpha value is -1.58. The zero-order valence-electron chi connectivity index (χ0n) is 8.44. The van der Waals surface area contributed by atoms with Crippen molar-refractivity contribution in [2.75, 3.05) is 0 Å². The van der Waals surface area contributed by atoms with Gasteiger partial charge in [-0.2, -0.15) is 0 Å². The number of carbonyl (C=O) groups is 1. The highest BCUT2D eigenvalue weighted by Gasteiger charge is 2.29. The lowest BCUT2D eigenvalue weighted by Gasteiger charge is -2.22. The number of hydrogen-bond acceptors (Lipinski definition) is 2. The molecule has 4 heteroatoms. The first-order valence-electron chi connectivity index (χ1n) is 4.29. The van der Waals surface area contributed by atoms with E-state index in [1.54, 1.807) is 12.3 Å². The van der Waals surface area contributed by atoms with E-state index < -0.39 is 11.5 Å². The van der Waals surface area contributed by atoms with E-state index in [-0.39, 0.29) is 5.56 Å². The Morgan fingerprint density at radius 3 is 2.50 bits per heavy atom. The molecule has 76 valence electrons. The van der Waals surface area contributed by atoms with Gasteiger partial charge in [-0.05, 0) is 26.3 Å². The molecular formula is C10H13NO3. The molecule has 0 bridgehead atoms. The van der Waals surface area contributed by atoms with Crippen LogP contribution in [0.5, 0.6) is 0 Å². The van der Waals surface area contributed by atoms with Gasteiger partial charge in [0.1, 0.15) is 5.54 Å². The normalized spacial score (nSPS) is 11.4. The van der Waals surface area contributed by atoms with Crippen LogP contribution in [-0.2, 0) is 10.3 Å². The van der Waals surface area contributed by atoms with Crippen LogP contribution in [0.4, 0.5) is 0 Å². The molecule has 0 fully saturated rings. The average molecular weight is 195 g/mol. The zero-order chi connectivity index (χ0) is 10.9. The monoisotopic (exact) mass is 195 g/mol. The summed E-state index contributed by atoms with van der Waals surface area (Å²) in [5, 5.41) is 8.95. The molecule has 14 heavy (non-hydrogen) atoms. The van der Waals surface area contributed by atoms with Gasteiger partial charge in [0.25, 0.3) is 5.56 Å². The van der Waals surface area contributed by atoms with Crippen LogP contribution in [0.15, 0.2) is 23.1 Å². The molecule has 1 N–H and O–H groups in total. The van der Waals surface area contributed by atoms with E-state index in [2.05, 4.69) is 0 Å². The second kappa shape index (κ2) is 3.29. The van der Waals surface area contributed by atoms with Crippen LogP contribution >= 0.6 is 0 Å². The van der Waals surface area contributed by atoms with Crippen molar-refractivity contribution in [1.29, 1.82) is 0 Å². The molecule has 0 spiro atoms. The lowest BCUT2D eigenvalue weighted by atomic mass is 10.1. The first kappa shape index (κ1) is 10.5. The number of hydrogen-bond donors (Lipinski definition) is 1. The fourth-order valence-electron chi connectivity index (χ4n) is 1.13. The molecule has 1 heterocycles. The molecule has 1 aromatic rings. The van der Waals surface area contributed by atoms with Crippen molar-refractivity contribution in [3.8, 4) is 0 Å². The van der Waals surface area contributed by atoms with Crippen LogP contribution in [0.2, 0.25) is 0 Å². The second-order valence-corrected chi connectivity index (χ2v) is 3.78. The van der Waals surface area contributed by atoms with Gasteiger partial charge >= 0.3 is 5.97 Å². The Morgan fingerprint density at radius 1 is 1.43 bits per heavy atom. The summed E-state index contributed by atoms with van der Waals surface area (Å²) < 4.78 is 1.23. The predicted molar refractivity (Wildman–Crippen MR) is 52.4 cm³/mol. The van der Waals surface area contributed by atoms with Crippen molar-refractivity contribution < 1.29 is 9.90 Å². The second-order valence-electron chi connectivity index (χ2n) is 3.78. The standard InChI is InChI=1S/C10H13NO3/c1-7-4-5-8(12)11(6-7)10(2,3)9(13)14/h4-6H,1-3H3,(H,13,14). The van der Waals surface area contributed by atoms with E-state index in [1.165, 1.54) is 24.5 Å². The largest absolute Gasteiger partial charge is 0.480 e. The molecule has 1 aromatic heterocycles. The fourth-order valence-corrected chi connectivity index (χ4v) is 1.13. The zero-order valence-corrected chi connectivity index (χ0v) is 8.44. The Kier molecular flexibility index (Phi) is 2.47. The predicted octanol–water partition coefficient (Wildman–Crippen LogP) is 0.976. The van der Waals surface area contributed by atoms with Crippen LogP contribution in [0, 0.1) is 6.92 Å². The Bertz CT molecular complexity index is 418. The molecule has 0 aromatic carbocycles. The number of pyridine rings is 1. The highest BCUT2D eigenvalue weighted by Crippen LogP contribution is 2.12. The van der Waals surface area contributed by atoms with Gasteiger partial charge in [-0.25, -0.2) is 4.79 Å². The number of carboxylic acid groups (broad SMARTS) is 1. The van der Waals surface area contributed by atoms with Crippen LogP contribution in [0.1, 0.15) is 19.4 Å². The minimum Gasteiger partial charge on any atom is -0.480 e. The molecule has 0 aliphatic carbocycles. The third kappa shape index (κ3) is 1.69. The molecule has 0 atom stereocenters. The van der Waals surface area contributed by atoms with E-state index in [4.69, 9.17) is 5.11 Å². The van der Waals surface area contributed by atoms with Crippen molar-refractivity contribution in [3.05, 3.63) is 34.2 Å². The summed E-state index contributed by atoms with van der Waals surface area (Å²) in [6.45, 7) is 4.81. The lowest BCUT2D eigenvalue weighted by Crippen LogP contribution is -2.42. The van der Waals surface area contributed by atoms with Crippen LogP contribution in [-0.4, -0.2) is 15.6 Å². The SMILES string of the molecule is Cc1ccc(=O)n(C(C)(C)C(=O)O)c1. The minimum absolute atomic E-state index is 0.303. The topological polar surface area (TPSA) is 59.3 Å². The van der Waals surface area contributed by atoms with Crippen LogP contribution < -0.4 is 5.56 Å². The number of carboxylic acids is 1. The van der Waals surface area contributed by atoms with E-state index in [0.717, 1.165) is 5.56 Å². The van der Waals surface area contributed by atoms with Gasteiger partial charge in [0.05, 0.1) is 0 Å². The number of nitrogens with zero attached hydrogens (tertiary/aromatic N) is 1. The van der Waals surface area contributed by atoms with Gasteiger partial charge in [-0.3, -0.25) is 9.36 Å². The Labute approximate surface area is 81.8 Å². The summed E-state index contributed by atoms with van der Waals surface area (Å²) in [6.07, 6.45) is 1.55. The summed E-state index contributed by atoms with van der Waals surface area (Å²) in [5.74, 6) is -1.02. The molecule has 4 nitrogen and oxygen atoms in total. The summed E-state index contributed by atoms with van der Waals surface area (Å²) in [5.41, 5.74) is -0.648. The van der Waals surface area contributed by atoms with Crippen molar-refractivity contribution in [3.63, 3.8) is 0 Å². The average Bonchev–Trinajstić information content (AvgIpc) is 2.08. The third-order valence-electron chi connectivity index (χ3n) is 2.18. The number of rotatable bonds is 2. The number of aliphatic carboxylic acids is 1. The van der Waals surface area contributed by atoms with Gasteiger partial charge in [0.15, 0.2) is 0 Å². The highest BCUT2D eigenvalue weighted by molar-refractivity contribution is 5.75. The fraction of sp³-hybridized carbons (Fsp3) is 0.400. The van der Waals surface area contributed by atoms with Crippen molar-refractivity contribution >= 4 is 5.97 Å². The Balaban J connectivity index is 3.39. The van der Waals surface area contributed by atoms with Crippen LogP contribution in [0.25, 0.3) is 0 Å². The molecule has 0 amide bonds. The van der Waals surface area contributed by atoms with E-state index >= 15 is 0 Å². The maximum absolute atomic E-state index is 11.4. The number of aryl methyl sites for hydroxylation is 1. The highest BCUT2D eigenvalue weighted by atomic mass is 16.4. The first-order valence-corrected chi connectivity index (χ1v) is 4.29. The Morgan fingerprint density at radius 2 is 2.00 bits per heavy atom. The van der Waals surface area contributed by atoms with E-state index in [1.807, 2.05) is 6.92 Å². The summed E-state index contributed by atoms with van der Waals surface area (Å²) in [6, 6.07) is 3.04. The molecule has 1 rings (SSSR count). The third-order valence-corrected chi connectivity index (χ3v) is 2.18. The molecule has 0 saturated heterocycles. The molecule has 0 aliphatic heterocycles.